The lowest BCUT2D eigenvalue weighted by atomic mass is 9.96. The van der Waals surface area contributed by atoms with Crippen molar-refractivity contribution in [1.82, 2.24) is 9.88 Å². The number of aromatic nitrogens is 1. The fourth-order valence-corrected chi connectivity index (χ4v) is 2.58. The fraction of sp³-hybridized carbons (Fsp3) is 0.615. The molecule has 0 aliphatic heterocycles. The first-order valence-electron chi connectivity index (χ1n) is 6.16. The molecular weight excluding hydrogens is 217 g/mol. The summed E-state index contributed by atoms with van der Waals surface area (Å²) in [4.78, 5) is 6.28. The van der Waals surface area contributed by atoms with E-state index in [1.165, 1.54) is 31.7 Å². The molecule has 4 heteroatoms. The molecule has 0 amide bonds. The maximum Gasteiger partial charge on any atom is 0.165 e. The zero-order valence-corrected chi connectivity index (χ0v) is 10.5. The Hall–Kier alpha value is -1.16. The summed E-state index contributed by atoms with van der Waals surface area (Å²) in [5, 5.41) is 3.15. The van der Waals surface area contributed by atoms with E-state index in [2.05, 4.69) is 29.3 Å². The SMILES string of the molecule is CN(C)C1(CNc2ncccc2F)CCCC1. The lowest BCUT2D eigenvalue weighted by molar-refractivity contribution is 0.172. The second-order valence-electron chi connectivity index (χ2n) is 5.01. The number of nitrogens with zero attached hydrogens (tertiary/aromatic N) is 2. The summed E-state index contributed by atoms with van der Waals surface area (Å²) in [6, 6.07) is 3.05. The van der Waals surface area contributed by atoms with E-state index in [4.69, 9.17) is 0 Å². The highest BCUT2D eigenvalue weighted by Gasteiger charge is 2.35. The second kappa shape index (κ2) is 5.00. The zero-order valence-electron chi connectivity index (χ0n) is 10.5. The van der Waals surface area contributed by atoms with Crippen LogP contribution >= 0.6 is 0 Å². The molecule has 1 fully saturated rings. The smallest absolute Gasteiger partial charge is 0.165 e. The Balaban J connectivity index is 2.03. The average Bonchev–Trinajstić information content (AvgIpc) is 2.78. The van der Waals surface area contributed by atoms with Crippen LogP contribution in [0.3, 0.4) is 0 Å². The maximum absolute atomic E-state index is 13.5. The van der Waals surface area contributed by atoms with Gasteiger partial charge >= 0.3 is 0 Å². The zero-order chi connectivity index (χ0) is 12.3. The van der Waals surface area contributed by atoms with Crippen molar-refractivity contribution < 1.29 is 4.39 Å². The van der Waals surface area contributed by atoms with E-state index >= 15 is 0 Å². The van der Waals surface area contributed by atoms with Crippen molar-refractivity contribution in [3.63, 3.8) is 0 Å². The Morgan fingerprint density at radius 2 is 2.12 bits per heavy atom. The van der Waals surface area contributed by atoms with Crippen molar-refractivity contribution in [3.8, 4) is 0 Å². The van der Waals surface area contributed by atoms with E-state index in [0.29, 0.717) is 5.82 Å². The van der Waals surface area contributed by atoms with Crippen LogP contribution in [0.25, 0.3) is 0 Å². The minimum Gasteiger partial charge on any atom is -0.366 e. The number of rotatable bonds is 4. The molecule has 17 heavy (non-hydrogen) atoms. The maximum atomic E-state index is 13.5. The van der Waals surface area contributed by atoms with Crippen molar-refractivity contribution in [1.29, 1.82) is 0 Å². The van der Waals surface area contributed by atoms with Gasteiger partial charge in [0, 0.05) is 18.3 Å². The van der Waals surface area contributed by atoms with E-state index in [9.17, 15) is 4.39 Å². The van der Waals surface area contributed by atoms with E-state index < -0.39 is 0 Å². The third-order valence-corrected chi connectivity index (χ3v) is 3.83. The van der Waals surface area contributed by atoms with Crippen LogP contribution in [-0.2, 0) is 0 Å². The summed E-state index contributed by atoms with van der Waals surface area (Å²) < 4.78 is 13.5. The number of hydrogen-bond acceptors (Lipinski definition) is 3. The van der Waals surface area contributed by atoms with Gasteiger partial charge in [-0.1, -0.05) is 12.8 Å². The van der Waals surface area contributed by atoms with Gasteiger partial charge in [0.2, 0.25) is 0 Å². The van der Waals surface area contributed by atoms with E-state index in [1.807, 2.05) is 0 Å². The number of halogens is 1. The van der Waals surface area contributed by atoms with Crippen molar-refractivity contribution in [3.05, 3.63) is 24.1 Å². The molecule has 2 rings (SSSR count). The molecule has 94 valence electrons. The van der Waals surface area contributed by atoms with Gasteiger partial charge in [0.05, 0.1) is 0 Å². The van der Waals surface area contributed by atoms with Crippen LogP contribution in [0.4, 0.5) is 10.2 Å². The minimum absolute atomic E-state index is 0.157. The van der Waals surface area contributed by atoms with Gasteiger partial charge in [0.1, 0.15) is 0 Å². The quantitative estimate of drug-likeness (QED) is 0.872. The number of pyridine rings is 1. The molecule has 0 aromatic carbocycles. The van der Waals surface area contributed by atoms with Gasteiger partial charge in [-0.05, 0) is 39.1 Å². The molecule has 1 aliphatic carbocycles. The predicted molar refractivity (Wildman–Crippen MR) is 67.6 cm³/mol. The van der Waals surface area contributed by atoms with Crippen LogP contribution in [0.15, 0.2) is 18.3 Å². The number of likely N-dealkylation sites (N-methyl/N-ethyl adjacent to an activating group) is 1. The monoisotopic (exact) mass is 237 g/mol. The Kier molecular flexibility index (Phi) is 3.62. The summed E-state index contributed by atoms with van der Waals surface area (Å²) >= 11 is 0. The van der Waals surface area contributed by atoms with E-state index in [1.54, 1.807) is 12.3 Å². The van der Waals surface area contributed by atoms with Gasteiger partial charge in [0.15, 0.2) is 11.6 Å². The predicted octanol–water partition coefficient (Wildman–Crippen LogP) is 2.51. The van der Waals surface area contributed by atoms with Crippen molar-refractivity contribution in [2.45, 2.75) is 31.2 Å². The molecule has 1 N–H and O–H groups in total. The molecule has 1 heterocycles. The Labute approximate surface area is 102 Å². The van der Waals surface area contributed by atoms with Crippen LogP contribution in [-0.4, -0.2) is 36.1 Å². The highest BCUT2D eigenvalue weighted by Crippen LogP contribution is 2.33. The topological polar surface area (TPSA) is 28.2 Å². The molecule has 0 unspecified atom stereocenters. The van der Waals surface area contributed by atoms with Crippen molar-refractivity contribution >= 4 is 5.82 Å². The average molecular weight is 237 g/mol. The van der Waals surface area contributed by atoms with Crippen molar-refractivity contribution in [2.75, 3.05) is 26.0 Å². The summed E-state index contributed by atoms with van der Waals surface area (Å²) in [5.74, 6) is 0.0834. The lowest BCUT2D eigenvalue weighted by Crippen LogP contribution is -2.47. The van der Waals surface area contributed by atoms with Gasteiger partial charge in [0.25, 0.3) is 0 Å². The van der Waals surface area contributed by atoms with Crippen LogP contribution in [0.2, 0.25) is 0 Å². The molecule has 0 saturated heterocycles. The normalized spacial score (nSPS) is 18.6. The van der Waals surface area contributed by atoms with E-state index in [-0.39, 0.29) is 11.4 Å². The summed E-state index contributed by atoms with van der Waals surface area (Å²) in [6.07, 6.45) is 6.46. The Morgan fingerprint density at radius 3 is 2.71 bits per heavy atom. The second-order valence-corrected chi connectivity index (χ2v) is 5.01. The molecule has 1 aromatic heterocycles. The molecule has 0 bridgehead atoms. The van der Waals surface area contributed by atoms with Crippen LogP contribution in [0.5, 0.6) is 0 Å². The highest BCUT2D eigenvalue weighted by atomic mass is 19.1. The van der Waals surface area contributed by atoms with Gasteiger partial charge in [-0.25, -0.2) is 9.37 Å². The fourth-order valence-electron chi connectivity index (χ4n) is 2.58. The standard InChI is InChI=1S/C13H20FN3/c1-17(2)13(7-3-4-8-13)10-16-12-11(14)6-5-9-15-12/h5-6,9H,3-4,7-8,10H2,1-2H3,(H,15,16). The third-order valence-electron chi connectivity index (χ3n) is 3.83. The van der Waals surface area contributed by atoms with Gasteiger partial charge in [-0.2, -0.15) is 0 Å². The molecule has 1 aliphatic rings. The van der Waals surface area contributed by atoms with Gasteiger partial charge in [-0.3, -0.25) is 0 Å². The van der Waals surface area contributed by atoms with Crippen LogP contribution in [0, 0.1) is 5.82 Å². The summed E-state index contributed by atoms with van der Waals surface area (Å²) in [6.45, 7) is 0.758. The highest BCUT2D eigenvalue weighted by molar-refractivity contribution is 5.36. The first-order chi connectivity index (χ1) is 8.14. The molecule has 0 radical (unpaired) electrons. The molecule has 0 atom stereocenters. The van der Waals surface area contributed by atoms with Crippen LogP contribution in [0.1, 0.15) is 25.7 Å². The first kappa shape index (κ1) is 12.3. The van der Waals surface area contributed by atoms with Crippen molar-refractivity contribution in [2.24, 2.45) is 0 Å². The molecule has 0 spiro atoms. The van der Waals surface area contributed by atoms with Gasteiger partial charge in [-0.15, -0.1) is 0 Å². The first-order valence-corrected chi connectivity index (χ1v) is 6.16. The molecule has 1 aromatic rings. The molecule has 3 nitrogen and oxygen atoms in total. The largest absolute Gasteiger partial charge is 0.366 e. The third kappa shape index (κ3) is 2.57. The lowest BCUT2D eigenvalue weighted by Gasteiger charge is -2.36. The number of hydrogen-bond donors (Lipinski definition) is 1. The number of nitrogens with one attached hydrogen (secondary N) is 1. The molecular formula is C13H20FN3. The Morgan fingerprint density at radius 1 is 1.41 bits per heavy atom. The minimum atomic E-state index is -0.278. The van der Waals surface area contributed by atoms with E-state index in [0.717, 1.165) is 6.54 Å². The van der Waals surface area contributed by atoms with Gasteiger partial charge < -0.3 is 10.2 Å². The summed E-state index contributed by atoms with van der Waals surface area (Å²) in [5.41, 5.74) is 0.157. The summed E-state index contributed by atoms with van der Waals surface area (Å²) in [7, 11) is 4.20. The number of anilines is 1. The Bertz CT molecular complexity index is 373. The molecule has 1 saturated carbocycles. The van der Waals surface area contributed by atoms with Crippen LogP contribution < -0.4 is 5.32 Å².